The van der Waals surface area contributed by atoms with E-state index in [9.17, 15) is 5.11 Å². The lowest BCUT2D eigenvalue weighted by atomic mass is 9.95. The minimum absolute atomic E-state index is 0.272. The van der Waals surface area contributed by atoms with Crippen LogP contribution in [0.4, 0.5) is 0 Å². The summed E-state index contributed by atoms with van der Waals surface area (Å²) in [5, 5.41) is 13.5. The SMILES string of the molecule is C[C@H](CCCC(C)(C)O)CCNC1(c2ccccc2)CC1. The van der Waals surface area contributed by atoms with Crippen LogP contribution in [-0.4, -0.2) is 17.3 Å². The number of hydrogen-bond donors (Lipinski definition) is 2. The zero-order chi connectivity index (χ0) is 15.3. The fourth-order valence-electron chi connectivity index (χ4n) is 3.04. The van der Waals surface area contributed by atoms with E-state index in [1.807, 2.05) is 13.8 Å². The van der Waals surface area contributed by atoms with Crippen LogP contribution in [0.5, 0.6) is 0 Å². The second kappa shape index (κ2) is 6.93. The largest absolute Gasteiger partial charge is 0.390 e. The second-order valence-corrected chi connectivity index (χ2v) is 7.47. The van der Waals surface area contributed by atoms with Crippen LogP contribution in [-0.2, 0) is 5.54 Å². The molecule has 1 atom stereocenters. The Bertz CT molecular complexity index is 417. The standard InChI is InChI=1S/C19H31NO/c1-16(8-7-12-18(2,3)21)11-15-20-19(13-14-19)17-9-5-4-6-10-17/h4-6,9-10,16,20-21H,7-8,11-15H2,1-3H3/t16-/m1/s1. The van der Waals surface area contributed by atoms with Gasteiger partial charge in [0.15, 0.2) is 0 Å². The van der Waals surface area contributed by atoms with E-state index in [4.69, 9.17) is 0 Å². The number of hydrogen-bond acceptors (Lipinski definition) is 2. The van der Waals surface area contributed by atoms with Gasteiger partial charge in [-0.2, -0.15) is 0 Å². The molecule has 2 heteroatoms. The Kier molecular flexibility index (Phi) is 5.45. The number of rotatable bonds is 9. The Labute approximate surface area is 130 Å². The van der Waals surface area contributed by atoms with Crippen molar-refractivity contribution in [1.82, 2.24) is 5.32 Å². The smallest absolute Gasteiger partial charge is 0.0591 e. The highest BCUT2D eigenvalue weighted by molar-refractivity contribution is 5.29. The summed E-state index contributed by atoms with van der Waals surface area (Å²) in [4.78, 5) is 0. The van der Waals surface area contributed by atoms with Crippen molar-refractivity contribution in [1.29, 1.82) is 0 Å². The van der Waals surface area contributed by atoms with Crippen molar-refractivity contribution >= 4 is 0 Å². The van der Waals surface area contributed by atoms with E-state index in [0.717, 1.165) is 25.3 Å². The van der Waals surface area contributed by atoms with Crippen molar-refractivity contribution in [2.75, 3.05) is 6.54 Å². The molecule has 1 fully saturated rings. The van der Waals surface area contributed by atoms with Gasteiger partial charge in [-0.15, -0.1) is 0 Å². The number of nitrogens with one attached hydrogen (secondary N) is 1. The zero-order valence-corrected chi connectivity index (χ0v) is 13.9. The lowest BCUT2D eigenvalue weighted by molar-refractivity contribution is 0.0669. The molecule has 1 aliphatic rings. The maximum absolute atomic E-state index is 9.74. The highest BCUT2D eigenvalue weighted by atomic mass is 16.3. The second-order valence-electron chi connectivity index (χ2n) is 7.47. The first kappa shape index (κ1) is 16.5. The van der Waals surface area contributed by atoms with Crippen molar-refractivity contribution in [2.24, 2.45) is 5.92 Å². The van der Waals surface area contributed by atoms with E-state index >= 15 is 0 Å². The van der Waals surface area contributed by atoms with Crippen molar-refractivity contribution in [3.05, 3.63) is 35.9 Å². The molecule has 2 N–H and O–H groups in total. The normalized spacial score (nSPS) is 18.5. The molecule has 1 saturated carbocycles. The van der Waals surface area contributed by atoms with Crippen LogP contribution in [0.1, 0.15) is 64.9 Å². The van der Waals surface area contributed by atoms with Gasteiger partial charge in [0.05, 0.1) is 5.60 Å². The molecule has 21 heavy (non-hydrogen) atoms. The van der Waals surface area contributed by atoms with E-state index in [-0.39, 0.29) is 5.54 Å². The summed E-state index contributed by atoms with van der Waals surface area (Å²) in [6.45, 7) is 7.22. The van der Waals surface area contributed by atoms with Crippen molar-refractivity contribution in [2.45, 2.75) is 70.4 Å². The van der Waals surface area contributed by atoms with Crippen LogP contribution in [0, 0.1) is 5.92 Å². The summed E-state index contributed by atoms with van der Waals surface area (Å²) >= 11 is 0. The minimum Gasteiger partial charge on any atom is -0.390 e. The molecule has 1 aliphatic carbocycles. The van der Waals surface area contributed by atoms with Gasteiger partial charge in [0.1, 0.15) is 0 Å². The molecule has 1 aromatic rings. The average Bonchev–Trinajstić information content (AvgIpc) is 3.19. The summed E-state index contributed by atoms with van der Waals surface area (Å²) in [7, 11) is 0. The van der Waals surface area contributed by atoms with Gasteiger partial charge in [0.2, 0.25) is 0 Å². The third-order valence-electron chi connectivity index (χ3n) is 4.66. The minimum atomic E-state index is -0.511. The summed E-state index contributed by atoms with van der Waals surface area (Å²) in [6, 6.07) is 10.8. The first-order chi connectivity index (χ1) is 9.91. The van der Waals surface area contributed by atoms with E-state index in [1.165, 1.54) is 31.2 Å². The van der Waals surface area contributed by atoms with Crippen LogP contribution in [0.3, 0.4) is 0 Å². The van der Waals surface area contributed by atoms with Gasteiger partial charge in [0.25, 0.3) is 0 Å². The molecule has 0 saturated heterocycles. The predicted octanol–water partition coefficient (Wildman–Crippen LogP) is 4.23. The molecule has 0 heterocycles. The molecule has 0 aliphatic heterocycles. The van der Waals surface area contributed by atoms with E-state index in [2.05, 4.69) is 42.6 Å². The van der Waals surface area contributed by atoms with Gasteiger partial charge < -0.3 is 10.4 Å². The first-order valence-electron chi connectivity index (χ1n) is 8.44. The van der Waals surface area contributed by atoms with Gasteiger partial charge in [-0.25, -0.2) is 0 Å². The lowest BCUT2D eigenvalue weighted by Gasteiger charge is -2.21. The van der Waals surface area contributed by atoms with Gasteiger partial charge in [-0.1, -0.05) is 50.1 Å². The fourth-order valence-corrected chi connectivity index (χ4v) is 3.04. The molecule has 0 bridgehead atoms. The highest BCUT2D eigenvalue weighted by Gasteiger charge is 2.43. The van der Waals surface area contributed by atoms with E-state index in [0.29, 0.717) is 0 Å². The molecule has 2 rings (SSSR count). The molecule has 0 unspecified atom stereocenters. The Morgan fingerprint density at radius 1 is 1.19 bits per heavy atom. The van der Waals surface area contributed by atoms with Crippen LogP contribution in [0.25, 0.3) is 0 Å². The van der Waals surface area contributed by atoms with Crippen LogP contribution < -0.4 is 5.32 Å². The van der Waals surface area contributed by atoms with Crippen molar-refractivity contribution < 1.29 is 5.11 Å². The Morgan fingerprint density at radius 3 is 2.43 bits per heavy atom. The fraction of sp³-hybridized carbons (Fsp3) is 0.684. The van der Waals surface area contributed by atoms with Gasteiger partial charge in [-0.3, -0.25) is 0 Å². The van der Waals surface area contributed by atoms with Crippen molar-refractivity contribution in [3.63, 3.8) is 0 Å². The summed E-state index contributed by atoms with van der Waals surface area (Å²) in [5.41, 5.74) is 1.21. The van der Waals surface area contributed by atoms with Gasteiger partial charge >= 0.3 is 0 Å². The summed E-state index contributed by atoms with van der Waals surface area (Å²) in [6.07, 6.45) is 6.99. The number of benzene rings is 1. The molecule has 1 aromatic carbocycles. The zero-order valence-electron chi connectivity index (χ0n) is 13.9. The third-order valence-corrected chi connectivity index (χ3v) is 4.66. The third kappa shape index (κ3) is 5.44. The average molecular weight is 289 g/mol. The van der Waals surface area contributed by atoms with Crippen LogP contribution >= 0.6 is 0 Å². The van der Waals surface area contributed by atoms with Crippen LogP contribution in [0.2, 0.25) is 0 Å². The maximum atomic E-state index is 9.74. The number of aliphatic hydroxyl groups is 1. The molecule has 0 spiro atoms. The monoisotopic (exact) mass is 289 g/mol. The molecule has 0 radical (unpaired) electrons. The Hall–Kier alpha value is -0.860. The molecule has 118 valence electrons. The van der Waals surface area contributed by atoms with Gasteiger partial charge in [-0.05, 0) is 57.6 Å². The maximum Gasteiger partial charge on any atom is 0.0591 e. The predicted molar refractivity (Wildman–Crippen MR) is 89.3 cm³/mol. The lowest BCUT2D eigenvalue weighted by Crippen LogP contribution is -2.30. The molecular formula is C19H31NO. The molecule has 2 nitrogen and oxygen atoms in total. The van der Waals surface area contributed by atoms with Gasteiger partial charge in [0, 0.05) is 5.54 Å². The quantitative estimate of drug-likeness (QED) is 0.713. The molecule has 0 amide bonds. The van der Waals surface area contributed by atoms with Crippen molar-refractivity contribution in [3.8, 4) is 0 Å². The summed E-state index contributed by atoms with van der Waals surface area (Å²) < 4.78 is 0. The van der Waals surface area contributed by atoms with E-state index < -0.39 is 5.60 Å². The van der Waals surface area contributed by atoms with E-state index in [1.54, 1.807) is 0 Å². The Balaban J connectivity index is 1.65. The topological polar surface area (TPSA) is 32.3 Å². The van der Waals surface area contributed by atoms with Crippen LogP contribution in [0.15, 0.2) is 30.3 Å². The molecular weight excluding hydrogens is 258 g/mol. The Morgan fingerprint density at radius 2 is 1.86 bits per heavy atom. The molecule has 0 aromatic heterocycles. The summed E-state index contributed by atoms with van der Waals surface area (Å²) in [5.74, 6) is 0.728. The first-order valence-corrected chi connectivity index (χ1v) is 8.44. The highest BCUT2D eigenvalue weighted by Crippen LogP contribution is 2.45.